The molecule has 0 unspecified atom stereocenters. The van der Waals surface area contributed by atoms with E-state index < -0.39 is 0 Å². The quantitative estimate of drug-likeness (QED) is 0.776. The van der Waals surface area contributed by atoms with Gasteiger partial charge in [-0.05, 0) is 24.3 Å². The molecule has 1 N–H and O–H groups in total. The number of ether oxygens (including phenoxy) is 2. The molecule has 2 aromatic carbocycles. The first-order valence-electron chi connectivity index (χ1n) is 6.93. The first-order chi connectivity index (χ1) is 9.74. The van der Waals surface area contributed by atoms with Gasteiger partial charge in [-0.1, -0.05) is 38.1 Å². The molecule has 0 heterocycles. The highest BCUT2D eigenvalue weighted by Gasteiger charge is 2.00. The van der Waals surface area contributed by atoms with E-state index in [1.165, 1.54) is 0 Å². The average molecular weight is 271 g/mol. The van der Waals surface area contributed by atoms with Crippen molar-refractivity contribution < 1.29 is 9.47 Å². The van der Waals surface area contributed by atoms with Gasteiger partial charge in [-0.15, -0.1) is 0 Å². The Labute approximate surface area is 120 Å². The fraction of sp³-hybridized carbons (Fsp3) is 0.294. The van der Waals surface area contributed by atoms with Gasteiger partial charge in [0.25, 0.3) is 0 Å². The molecule has 0 radical (unpaired) electrons. The molecule has 0 saturated heterocycles. The monoisotopic (exact) mass is 271 g/mol. The second-order valence-electron chi connectivity index (χ2n) is 4.85. The lowest BCUT2D eigenvalue weighted by Crippen LogP contribution is -2.27. The van der Waals surface area contributed by atoms with Crippen molar-refractivity contribution >= 4 is 0 Å². The summed E-state index contributed by atoms with van der Waals surface area (Å²) in [5.74, 6) is 2.43. The zero-order valence-corrected chi connectivity index (χ0v) is 12.0. The number of benzene rings is 2. The van der Waals surface area contributed by atoms with Crippen LogP contribution in [0.5, 0.6) is 17.2 Å². The number of hydrogen-bond acceptors (Lipinski definition) is 3. The minimum Gasteiger partial charge on any atom is -0.492 e. The Balaban J connectivity index is 1.88. The van der Waals surface area contributed by atoms with E-state index in [-0.39, 0.29) is 0 Å². The topological polar surface area (TPSA) is 30.5 Å². The molecule has 0 atom stereocenters. The van der Waals surface area contributed by atoms with Crippen LogP contribution in [0.15, 0.2) is 54.6 Å². The lowest BCUT2D eigenvalue weighted by atomic mass is 10.3. The van der Waals surface area contributed by atoms with E-state index in [0.717, 1.165) is 23.8 Å². The van der Waals surface area contributed by atoms with Crippen LogP contribution in [0.4, 0.5) is 0 Å². The van der Waals surface area contributed by atoms with E-state index in [4.69, 9.17) is 9.47 Å². The predicted molar refractivity (Wildman–Crippen MR) is 81.6 cm³/mol. The molecule has 0 aliphatic rings. The molecule has 20 heavy (non-hydrogen) atoms. The van der Waals surface area contributed by atoms with Gasteiger partial charge < -0.3 is 14.8 Å². The van der Waals surface area contributed by atoms with Crippen molar-refractivity contribution in [3.63, 3.8) is 0 Å². The molecule has 106 valence electrons. The van der Waals surface area contributed by atoms with Gasteiger partial charge in [0.15, 0.2) is 0 Å². The van der Waals surface area contributed by atoms with Crippen LogP contribution in [0.3, 0.4) is 0 Å². The van der Waals surface area contributed by atoms with E-state index in [9.17, 15) is 0 Å². The summed E-state index contributed by atoms with van der Waals surface area (Å²) in [6.45, 7) is 5.72. The molecule has 2 rings (SSSR count). The average Bonchev–Trinajstić information content (AvgIpc) is 2.45. The Kier molecular flexibility index (Phi) is 5.44. The highest BCUT2D eigenvalue weighted by Crippen LogP contribution is 2.24. The fourth-order valence-electron chi connectivity index (χ4n) is 1.77. The summed E-state index contributed by atoms with van der Waals surface area (Å²) in [4.78, 5) is 0. The molecule has 0 spiro atoms. The van der Waals surface area contributed by atoms with Gasteiger partial charge in [-0.3, -0.25) is 0 Å². The molecular formula is C17H21NO2. The fourth-order valence-corrected chi connectivity index (χ4v) is 1.77. The minimum absolute atomic E-state index is 0.478. The lowest BCUT2D eigenvalue weighted by molar-refractivity contribution is 0.307. The summed E-state index contributed by atoms with van der Waals surface area (Å²) >= 11 is 0. The molecule has 3 nitrogen and oxygen atoms in total. The third kappa shape index (κ3) is 4.94. The smallest absolute Gasteiger partial charge is 0.131 e. The van der Waals surface area contributed by atoms with Crippen LogP contribution in [-0.4, -0.2) is 19.2 Å². The van der Waals surface area contributed by atoms with Gasteiger partial charge in [0.05, 0.1) is 0 Å². The predicted octanol–water partition coefficient (Wildman–Crippen LogP) is 3.86. The molecular weight excluding hydrogens is 250 g/mol. The summed E-state index contributed by atoms with van der Waals surface area (Å²) in [5.41, 5.74) is 0. The van der Waals surface area contributed by atoms with E-state index in [2.05, 4.69) is 19.2 Å². The first-order valence-corrected chi connectivity index (χ1v) is 6.93. The van der Waals surface area contributed by atoms with Crippen molar-refractivity contribution in [2.24, 2.45) is 0 Å². The van der Waals surface area contributed by atoms with Crippen LogP contribution in [0.25, 0.3) is 0 Å². The second-order valence-corrected chi connectivity index (χ2v) is 4.85. The van der Waals surface area contributed by atoms with Gasteiger partial charge in [0.2, 0.25) is 0 Å². The number of hydrogen-bond donors (Lipinski definition) is 1. The molecule has 0 saturated carbocycles. The zero-order valence-electron chi connectivity index (χ0n) is 12.0. The van der Waals surface area contributed by atoms with Crippen LogP contribution >= 0.6 is 0 Å². The summed E-state index contributed by atoms with van der Waals surface area (Å²) in [6, 6.07) is 17.9. The molecule has 0 fully saturated rings. The van der Waals surface area contributed by atoms with Crippen LogP contribution in [0, 0.1) is 0 Å². The summed E-state index contributed by atoms with van der Waals surface area (Å²) in [7, 11) is 0. The Bertz CT molecular complexity index is 511. The van der Waals surface area contributed by atoms with Crippen LogP contribution < -0.4 is 14.8 Å². The number of nitrogens with one attached hydrogen (secondary N) is 1. The van der Waals surface area contributed by atoms with Crippen molar-refractivity contribution in [2.45, 2.75) is 19.9 Å². The van der Waals surface area contributed by atoms with Crippen molar-refractivity contribution in [3.05, 3.63) is 54.6 Å². The highest BCUT2D eigenvalue weighted by atomic mass is 16.5. The molecule has 0 aliphatic heterocycles. The van der Waals surface area contributed by atoms with Crippen LogP contribution in [0.2, 0.25) is 0 Å². The molecule has 3 heteroatoms. The number of rotatable bonds is 7. The van der Waals surface area contributed by atoms with Crippen LogP contribution in [0.1, 0.15) is 13.8 Å². The zero-order chi connectivity index (χ0) is 14.2. The lowest BCUT2D eigenvalue weighted by Gasteiger charge is -2.11. The normalized spacial score (nSPS) is 10.6. The Morgan fingerprint density at radius 2 is 1.60 bits per heavy atom. The van der Waals surface area contributed by atoms with Crippen molar-refractivity contribution in [2.75, 3.05) is 13.2 Å². The van der Waals surface area contributed by atoms with Gasteiger partial charge in [-0.25, -0.2) is 0 Å². The standard InChI is InChI=1S/C17H21NO2/c1-14(2)18-11-12-19-16-9-6-10-17(13-16)20-15-7-4-3-5-8-15/h3-10,13-14,18H,11-12H2,1-2H3. The van der Waals surface area contributed by atoms with Gasteiger partial charge in [0, 0.05) is 18.7 Å². The Morgan fingerprint density at radius 1 is 0.900 bits per heavy atom. The first kappa shape index (κ1) is 14.4. The summed E-state index contributed by atoms with van der Waals surface area (Å²) < 4.78 is 11.5. The molecule has 0 bridgehead atoms. The number of para-hydroxylation sites is 1. The third-order valence-electron chi connectivity index (χ3n) is 2.71. The van der Waals surface area contributed by atoms with Crippen molar-refractivity contribution in [1.82, 2.24) is 5.32 Å². The maximum Gasteiger partial charge on any atom is 0.131 e. The van der Waals surface area contributed by atoms with Crippen molar-refractivity contribution in [1.29, 1.82) is 0 Å². The SMILES string of the molecule is CC(C)NCCOc1cccc(Oc2ccccc2)c1. The Hall–Kier alpha value is -2.00. The van der Waals surface area contributed by atoms with Gasteiger partial charge in [0.1, 0.15) is 23.9 Å². The molecule has 2 aromatic rings. The third-order valence-corrected chi connectivity index (χ3v) is 2.71. The van der Waals surface area contributed by atoms with Gasteiger partial charge >= 0.3 is 0 Å². The van der Waals surface area contributed by atoms with E-state index in [1.807, 2.05) is 54.6 Å². The minimum atomic E-state index is 0.478. The maximum atomic E-state index is 5.77. The second kappa shape index (κ2) is 7.56. The van der Waals surface area contributed by atoms with E-state index in [0.29, 0.717) is 12.6 Å². The molecule has 0 amide bonds. The Morgan fingerprint density at radius 3 is 2.35 bits per heavy atom. The largest absolute Gasteiger partial charge is 0.492 e. The summed E-state index contributed by atoms with van der Waals surface area (Å²) in [5, 5.41) is 3.31. The van der Waals surface area contributed by atoms with E-state index in [1.54, 1.807) is 0 Å². The van der Waals surface area contributed by atoms with E-state index >= 15 is 0 Å². The van der Waals surface area contributed by atoms with Gasteiger partial charge in [-0.2, -0.15) is 0 Å². The van der Waals surface area contributed by atoms with Crippen molar-refractivity contribution in [3.8, 4) is 17.2 Å². The molecule has 0 aliphatic carbocycles. The highest BCUT2D eigenvalue weighted by molar-refractivity contribution is 5.36. The molecule has 0 aromatic heterocycles. The maximum absolute atomic E-state index is 5.77. The van der Waals surface area contributed by atoms with Crippen LogP contribution in [-0.2, 0) is 0 Å². The summed E-state index contributed by atoms with van der Waals surface area (Å²) in [6.07, 6.45) is 0.